The average molecular weight is 209 g/mol. The van der Waals surface area contributed by atoms with Gasteiger partial charge in [-0.3, -0.25) is 0 Å². The van der Waals surface area contributed by atoms with Crippen molar-refractivity contribution in [2.24, 2.45) is 0 Å². The van der Waals surface area contributed by atoms with Crippen LogP contribution >= 0.6 is 0 Å². The highest BCUT2D eigenvalue weighted by molar-refractivity contribution is 5.94. The maximum Gasteiger partial charge on any atom is 0.352 e. The van der Waals surface area contributed by atoms with E-state index >= 15 is 0 Å². The number of benzene rings is 1. The van der Waals surface area contributed by atoms with Gasteiger partial charge in [0.25, 0.3) is 0 Å². The molecule has 1 aromatic carbocycles. The fraction of sp³-hybridized carbons (Fsp3) is 0.100. The van der Waals surface area contributed by atoms with E-state index < -0.39 is 11.8 Å². The number of carbonyl (C=O) groups is 1. The minimum atomic E-state index is -1.08. The fourth-order valence-electron chi connectivity index (χ4n) is 1.40. The summed E-state index contributed by atoms with van der Waals surface area (Å²) in [7, 11) is 1.35. The fourth-order valence-corrected chi connectivity index (χ4v) is 1.40. The van der Waals surface area contributed by atoms with Gasteiger partial charge < -0.3 is 14.8 Å². The van der Waals surface area contributed by atoms with Crippen molar-refractivity contribution in [2.75, 3.05) is 7.11 Å². The van der Waals surface area contributed by atoms with Crippen LogP contribution in [0, 0.1) is 5.82 Å². The van der Waals surface area contributed by atoms with Crippen LogP contribution in [0.2, 0.25) is 0 Å². The number of H-pyrrole nitrogens is 1. The molecule has 4 nitrogen and oxygen atoms in total. The van der Waals surface area contributed by atoms with Crippen LogP contribution in [0.15, 0.2) is 18.2 Å². The van der Waals surface area contributed by atoms with Gasteiger partial charge in [-0.2, -0.15) is 0 Å². The third kappa shape index (κ3) is 1.52. The summed E-state index contributed by atoms with van der Waals surface area (Å²) in [5.74, 6) is -1.51. The number of hydrogen-bond acceptors (Lipinski definition) is 2. The van der Waals surface area contributed by atoms with E-state index in [0.717, 1.165) is 0 Å². The zero-order valence-electron chi connectivity index (χ0n) is 7.87. The molecule has 0 radical (unpaired) electrons. The Bertz CT molecular complexity index is 533. The predicted octanol–water partition coefficient (Wildman–Crippen LogP) is 2.01. The van der Waals surface area contributed by atoms with Crippen molar-refractivity contribution in [3.05, 3.63) is 29.7 Å². The van der Waals surface area contributed by atoms with Gasteiger partial charge >= 0.3 is 5.97 Å². The van der Waals surface area contributed by atoms with Crippen LogP contribution in [0.1, 0.15) is 10.5 Å². The highest BCUT2D eigenvalue weighted by Crippen LogP contribution is 2.24. The summed E-state index contributed by atoms with van der Waals surface area (Å²) in [4.78, 5) is 13.3. The summed E-state index contributed by atoms with van der Waals surface area (Å²) in [6.45, 7) is 0. The highest BCUT2D eigenvalue weighted by atomic mass is 19.1. The van der Waals surface area contributed by atoms with E-state index in [1.807, 2.05) is 0 Å². The summed E-state index contributed by atoms with van der Waals surface area (Å²) in [6.07, 6.45) is 0. The third-order valence-corrected chi connectivity index (χ3v) is 2.12. The van der Waals surface area contributed by atoms with E-state index in [4.69, 9.17) is 9.84 Å². The number of carboxylic acid groups (broad SMARTS) is 1. The molecule has 0 unspecified atom stereocenters. The number of carboxylic acids is 1. The molecular weight excluding hydrogens is 201 g/mol. The second-order valence-electron chi connectivity index (χ2n) is 3.06. The lowest BCUT2D eigenvalue weighted by atomic mass is 10.2. The molecule has 15 heavy (non-hydrogen) atoms. The van der Waals surface area contributed by atoms with Crippen molar-refractivity contribution in [3.63, 3.8) is 0 Å². The van der Waals surface area contributed by atoms with Crippen LogP contribution in [0.4, 0.5) is 4.39 Å². The number of methoxy groups -OCH3 is 1. The normalized spacial score (nSPS) is 10.5. The number of rotatable bonds is 2. The van der Waals surface area contributed by atoms with Crippen molar-refractivity contribution in [3.8, 4) is 5.75 Å². The molecule has 0 atom stereocenters. The van der Waals surface area contributed by atoms with E-state index in [1.54, 1.807) is 0 Å². The summed E-state index contributed by atoms with van der Waals surface area (Å²) in [5.41, 5.74) is 0.559. The van der Waals surface area contributed by atoms with Crippen LogP contribution in [0.3, 0.4) is 0 Å². The lowest BCUT2D eigenvalue weighted by Gasteiger charge is -2.00. The van der Waals surface area contributed by atoms with E-state index in [-0.39, 0.29) is 11.4 Å². The molecule has 2 N–H and O–H groups in total. The molecule has 0 fully saturated rings. The molecule has 1 heterocycles. The van der Waals surface area contributed by atoms with Crippen molar-refractivity contribution < 1.29 is 19.0 Å². The van der Waals surface area contributed by atoms with E-state index in [9.17, 15) is 9.18 Å². The lowest BCUT2D eigenvalue weighted by molar-refractivity contribution is 0.0691. The Morgan fingerprint density at radius 3 is 2.80 bits per heavy atom. The van der Waals surface area contributed by atoms with Crippen LogP contribution < -0.4 is 4.74 Å². The Kier molecular flexibility index (Phi) is 2.07. The number of aromatic carboxylic acids is 1. The molecule has 0 amide bonds. The van der Waals surface area contributed by atoms with Gasteiger partial charge in [0.15, 0.2) is 11.6 Å². The highest BCUT2D eigenvalue weighted by Gasteiger charge is 2.10. The number of aromatic amines is 1. The van der Waals surface area contributed by atoms with E-state index in [0.29, 0.717) is 10.9 Å². The Hall–Kier alpha value is -2.04. The smallest absolute Gasteiger partial charge is 0.352 e. The zero-order valence-corrected chi connectivity index (χ0v) is 7.87. The number of halogens is 1. The largest absolute Gasteiger partial charge is 0.494 e. The standard InChI is InChI=1S/C10H8FNO3/c1-15-9-4-7-5(2-6(9)11)3-8(12-7)10(13)14/h2-4,12H,1H3,(H,13,14). The molecule has 0 bridgehead atoms. The van der Waals surface area contributed by atoms with Crippen LogP contribution in [0.25, 0.3) is 10.9 Å². The Labute approximate surface area is 84.3 Å². The molecule has 0 saturated heterocycles. The number of nitrogens with one attached hydrogen (secondary N) is 1. The van der Waals surface area contributed by atoms with E-state index in [1.165, 1.54) is 25.3 Å². The van der Waals surface area contributed by atoms with Crippen LogP contribution in [-0.2, 0) is 0 Å². The summed E-state index contributed by atoms with van der Waals surface area (Å²) in [5, 5.41) is 9.23. The van der Waals surface area contributed by atoms with E-state index in [2.05, 4.69) is 4.98 Å². The molecule has 78 valence electrons. The third-order valence-electron chi connectivity index (χ3n) is 2.12. The molecule has 0 aliphatic carbocycles. The van der Waals surface area contributed by atoms with Crippen molar-refractivity contribution in [1.29, 1.82) is 0 Å². The van der Waals surface area contributed by atoms with Crippen molar-refractivity contribution in [1.82, 2.24) is 4.98 Å². The first kappa shape index (κ1) is 9.51. The number of ether oxygens (including phenoxy) is 1. The maximum absolute atomic E-state index is 13.2. The van der Waals surface area contributed by atoms with Gasteiger partial charge in [-0.15, -0.1) is 0 Å². The monoisotopic (exact) mass is 209 g/mol. The van der Waals surface area contributed by atoms with Gasteiger partial charge in [0.05, 0.1) is 7.11 Å². The number of fused-ring (bicyclic) bond motifs is 1. The first-order chi connectivity index (χ1) is 7.11. The van der Waals surface area contributed by atoms with Gasteiger partial charge in [0.1, 0.15) is 5.69 Å². The first-order valence-electron chi connectivity index (χ1n) is 4.21. The minimum Gasteiger partial charge on any atom is -0.494 e. The SMILES string of the molecule is COc1cc2[nH]c(C(=O)O)cc2cc1F. The van der Waals surface area contributed by atoms with Gasteiger partial charge in [0.2, 0.25) is 0 Å². The molecule has 5 heteroatoms. The Balaban J connectivity index is 2.66. The van der Waals surface area contributed by atoms with Crippen molar-refractivity contribution in [2.45, 2.75) is 0 Å². The summed E-state index contributed by atoms with van der Waals surface area (Å²) < 4.78 is 18.0. The summed E-state index contributed by atoms with van der Waals surface area (Å²) in [6, 6.07) is 4.04. The summed E-state index contributed by atoms with van der Waals surface area (Å²) >= 11 is 0. The molecular formula is C10H8FNO3. The molecule has 2 rings (SSSR count). The molecule has 2 aromatic rings. The average Bonchev–Trinajstić information content (AvgIpc) is 2.59. The maximum atomic E-state index is 13.2. The topological polar surface area (TPSA) is 62.3 Å². The molecule has 0 aliphatic heterocycles. The Morgan fingerprint density at radius 1 is 1.47 bits per heavy atom. The Morgan fingerprint density at radius 2 is 2.20 bits per heavy atom. The second-order valence-corrected chi connectivity index (χ2v) is 3.06. The molecule has 1 aromatic heterocycles. The first-order valence-corrected chi connectivity index (χ1v) is 4.21. The van der Waals surface area contributed by atoms with Gasteiger partial charge in [0, 0.05) is 17.0 Å². The number of aromatic nitrogens is 1. The quantitative estimate of drug-likeness (QED) is 0.795. The van der Waals surface area contributed by atoms with Crippen LogP contribution in [-0.4, -0.2) is 23.2 Å². The minimum absolute atomic E-state index is 0.0256. The molecule has 0 aliphatic rings. The number of hydrogen-bond donors (Lipinski definition) is 2. The van der Waals surface area contributed by atoms with Gasteiger partial charge in [-0.1, -0.05) is 0 Å². The van der Waals surface area contributed by atoms with Crippen LogP contribution in [0.5, 0.6) is 5.75 Å². The molecule has 0 saturated carbocycles. The molecule has 0 spiro atoms. The zero-order chi connectivity index (χ0) is 11.0. The predicted molar refractivity (Wildman–Crippen MR) is 51.8 cm³/mol. The van der Waals surface area contributed by atoms with Gasteiger partial charge in [-0.25, -0.2) is 9.18 Å². The van der Waals surface area contributed by atoms with Crippen molar-refractivity contribution >= 4 is 16.9 Å². The van der Waals surface area contributed by atoms with Gasteiger partial charge in [-0.05, 0) is 12.1 Å². The lowest BCUT2D eigenvalue weighted by Crippen LogP contribution is -1.94. The second kappa shape index (κ2) is 3.27.